The maximum atomic E-state index is 12.7. The van der Waals surface area contributed by atoms with Crippen molar-refractivity contribution in [2.24, 2.45) is 23.5 Å². The smallest absolute Gasteiger partial charge is 0.303 e. The molecule has 5 heteroatoms. The van der Waals surface area contributed by atoms with Gasteiger partial charge in [0.15, 0.2) is 0 Å². The lowest BCUT2D eigenvalue weighted by molar-refractivity contribution is -0.143. The second kappa shape index (κ2) is 6.12. The van der Waals surface area contributed by atoms with Gasteiger partial charge >= 0.3 is 5.97 Å². The third-order valence-corrected chi connectivity index (χ3v) is 4.92. The molecule has 3 N–H and O–H groups in total. The van der Waals surface area contributed by atoms with Crippen molar-refractivity contribution in [2.45, 2.75) is 58.0 Å². The Morgan fingerprint density at radius 1 is 1.25 bits per heavy atom. The molecule has 2 bridgehead atoms. The molecule has 0 radical (unpaired) electrons. The summed E-state index contributed by atoms with van der Waals surface area (Å²) in [5, 5.41) is 8.94. The van der Waals surface area contributed by atoms with Gasteiger partial charge < -0.3 is 15.7 Å². The Bertz CT molecular complexity index is 369. The Balaban J connectivity index is 2.05. The number of amides is 1. The summed E-state index contributed by atoms with van der Waals surface area (Å²) in [6.07, 6.45) is 3.94. The first kappa shape index (κ1) is 15.3. The molecule has 2 fully saturated rings. The third-order valence-electron chi connectivity index (χ3n) is 4.92. The Labute approximate surface area is 120 Å². The zero-order valence-corrected chi connectivity index (χ0v) is 12.4. The van der Waals surface area contributed by atoms with Crippen molar-refractivity contribution >= 4 is 11.9 Å². The minimum Gasteiger partial charge on any atom is -0.481 e. The molecule has 0 saturated carbocycles. The molecule has 0 aromatic carbocycles. The zero-order valence-electron chi connectivity index (χ0n) is 12.4. The minimum absolute atomic E-state index is 0.103. The average Bonchev–Trinajstić information content (AvgIpc) is 2.61. The van der Waals surface area contributed by atoms with Crippen molar-refractivity contribution in [1.29, 1.82) is 0 Å². The van der Waals surface area contributed by atoms with Crippen LogP contribution in [0.25, 0.3) is 0 Å². The molecule has 5 nitrogen and oxygen atoms in total. The lowest BCUT2D eigenvalue weighted by Gasteiger charge is -2.41. The second-order valence-corrected chi connectivity index (χ2v) is 6.65. The summed E-state index contributed by atoms with van der Waals surface area (Å²) in [6.45, 7) is 4.47. The maximum absolute atomic E-state index is 12.7. The van der Waals surface area contributed by atoms with Crippen molar-refractivity contribution < 1.29 is 14.7 Å². The number of aliphatic carboxylic acids is 1. The minimum atomic E-state index is -0.726. The van der Waals surface area contributed by atoms with Crippen LogP contribution < -0.4 is 5.73 Å². The molecule has 2 aliphatic rings. The molecule has 3 unspecified atom stereocenters. The van der Waals surface area contributed by atoms with Crippen molar-refractivity contribution in [3.8, 4) is 0 Å². The van der Waals surface area contributed by atoms with E-state index in [-0.39, 0.29) is 42.2 Å². The van der Waals surface area contributed by atoms with E-state index in [9.17, 15) is 9.59 Å². The lowest BCUT2D eigenvalue weighted by atomic mass is 9.86. The van der Waals surface area contributed by atoms with Gasteiger partial charge in [-0.05, 0) is 37.5 Å². The van der Waals surface area contributed by atoms with E-state index in [0.717, 1.165) is 25.7 Å². The molecular weight excluding hydrogens is 256 g/mol. The first-order valence-corrected chi connectivity index (χ1v) is 7.68. The molecule has 1 amide bonds. The van der Waals surface area contributed by atoms with E-state index in [1.54, 1.807) is 0 Å². The molecule has 0 aliphatic carbocycles. The van der Waals surface area contributed by atoms with Crippen LogP contribution in [0.3, 0.4) is 0 Å². The number of hydrogen-bond donors (Lipinski definition) is 2. The Morgan fingerprint density at radius 2 is 1.80 bits per heavy atom. The van der Waals surface area contributed by atoms with Crippen LogP contribution in [0.2, 0.25) is 0 Å². The maximum Gasteiger partial charge on any atom is 0.303 e. The number of nitrogens with two attached hydrogens (primary N) is 1. The number of fused-ring (bicyclic) bond motifs is 2. The third kappa shape index (κ3) is 2.97. The highest BCUT2D eigenvalue weighted by atomic mass is 16.4. The number of piperidine rings is 1. The summed E-state index contributed by atoms with van der Waals surface area (Å²) < 4.78 is 0. The summed E-state index contributed by atoms with van der Waals surface area (Å²) in [6, 6.07) is 0.469. The SMILES string of the molecule is CC(C)C(CN)C(=O)N1C2CCC1CC(CC(=O)O)C2. The van der Waals surface area contributed by atoms with Crippen LogP contribution in [0.4, 0.5) is 0 Å². The fourth-order valence-corrected chi connectivity index (χ4v) is 3.91. The zero-order chi connectivity index (χ0) is 14.9. The topological polar surface area (TPSA) is 83.6 Å². The van der Waals surface area contributed by atoms with Crippen molar-refractivity contribution in [2.75, 3.05) is 6.54 Å². The molecular formula is C15H26N2O3. The van der Waals surface area contributed by atoms with E-state index in [0.29, 0.717) is 6.54 Å². The molecule has 0 spiro atoms. The first-order chi connectivity index (χ1) is 9.43. The van der Waals surface area contributed by atoms with Gasteiger partial charge in [0.25, 0.3) is 0 Å². The van der Waals surface area contributed by atoms with Gasteiger partial charge in [0.2, 0.25) is 5.91 Å². The fraction of sp³-hybridized carbons (Fsp3) is 0.867. The predicted octanol–water partition coefficient (Wildman–Crippen LogP) is 1.46. The number of rotatable bonds is 5. The first-order valence-electron chi connectivity index (χ1n) is 7.68. The quantitative estimate of drug-likeness (QED) is 0.799. The van der Waals surface area contributed by atoms with Crippen LogP contribution >= 0.6 is 0 Å². The van der Waals surface area contributed by atoms with Gasteiger partial charge in [-0.1, -0.05) is 13.8 Å². The summed E-state index contributed by atoms with van der Waals surface area (Å²) in [5.41, 5.74) is 5.76. The summed E-state index contributed by atoms with van der Waals surface area (Å²) in [4.78, 5) is 25.6. The fourth-order valence-electron chi connectivity index (χ4n) is 3.91. The van der Waals surface area contributed by atoms with E-state index in [4.69, 9.17) is 10.8 Å². The Morgan fingerprint density at radius 3 is 2.20 bits per heavy atom. The van der Waals surface area contributed by atoms with E-state index in [1.807, 2.05) is 18.7 Å². The van der Waals surface area contributed by atoms with Gasteiger partial charge in [0, 0.05) is 25.0 Å². The van der Waals surface area contributed by atoms with Gasteiger partial charge in [-0.3, -0.25) is 9.59 Å². The average molecular weight is 282 g/mol. The molecule has 20 heavy (non-hydrogen) atoms. The van der Waals surface area contributed by atoms with Crippen molar-refractivity contribution in [3.63, 3.8) is 0 Å². The van der Waals surface area contributed by atoms with Gasteiger partial charge in [0.05, 0.1) is 5.92 Å². The molecule has 2 aliphatic heterocycles. The number of carboxylic acid groups (broad SMARTS) is 1. The van der Waals surface area contributed by atoms with Crippen LogP contribution in [-0.2, 0) is 9.59 Å². The number of nitrogens with zero attached hydrogens (tertiary/aromatic N) is 1. The van der Waals surface area contributed by atoms with Gasteiger partial charge in [-0.15, -0.1) is 0 Å². The normalized spacial score (nSPS) is 30.6. The predicted molar refractivity (Wildman–Crippen MR) is 76.0 cm³/mol. The Kier molecular flexibility index (Phi) is 4.68. The highest BCUT2D eigenvalue weighted by molar-refractivity contribution is 5.80. The van der Waals surface area contributed by atoms with E-state index in [2.05, 4.69) is 0 Å². The highest BCUT2D eigenvalue weighted by Gasteiger charge is 2.45. The van der Waals surface area contributed by atoms with Crippen LogP contribution in [0.15, 0.2) is 0 Å². The molecule has 2 heterocycles. The highest BCUT2D eigenvalue weighted by Crippen LogP contribution is 2.41. The molecule has 0 aromatic heterocycles. The van der Waals surface area contributed by atoms with Crippen LogP contribution in [0.5, 0.6) is 0 Å². The summed E-state index contributed by atoms with van der Waals surface area (Å²) >= 11 is 0. The molecule has 3 atom stereocenters. The van der Waals surface area contributed by atoms with Gasteiger partial charge in [0.1, 0.15) is 0 Å². The standard InChI is InChI=1S/C15H26N2O3/c1-9(2)13(8-16)15(20)17-11-3-4-12(17)6-10(5-11)7-14(18)19/h9-13H,3-8,16H2,1-2H3,(H,18,19). The van der Waals surface area contributed by atoms with Crippen molar-refractivity contribution in [1.82, 2.24) is 4.90 Å². The molecule has 114 valence electrons. The van der Waals surface area contributed by atoms with Crippen LogP contribution in [0, 0.1) is 17.8 Å². The van der Waals surface area contributed by atoms with Gasteiger partial charge in [-0.25, -0.2) is 0 Å². The van der Waals surface area contributed by atoms with Gasteiger partial charge in [-0.2, -0.15) is 0 Å². The largest absolute Gasteiger partial charge is 0.481 e. The number of carboxylic acids is 1. The molecule has 0 aromatic rings. The van der Waals surface area contributed by atoms with Crippen LogP contribution in [-0.4, -0.2) is 40.5 Å². The summed E-state index contributed by atoms with van der Waals surface area (Å²) in [5.74, 6) is -0.165. The number of carbonyl (C=O) groups excluding carboxylic acids is 1. The van der Waals surface area contributed by atoms with Crippen molar-refractivity contribution in [3.05, 3.63) is 0 Å². The number of carbonyl (C=O) groups is 2. The van der Waals surface area contributed by atoms with E-state index < -0.39 is 5.97 Å². The second-order valence-electron chi connectivity index (χ2n) is 6.65. The van der Waals surface area contributed by atoms with E-state index >= 15 is 0 Å². The molecule has 2 rings (SSSR count). The molecule has 2 saturated heterocycles. The van der Waals surface area contributed by atoms with E-state index in [1.165, 1.54) is 0 Å². The summed E-state index contributed by atoms with van der Waals surface area (Å²) in [7, 11) is 0. The lowest BCUT2D eigenvalue weighted by Crippen LogP contribution is -2.51. The van der Waals surface area contributed by atoms with Crippen LogP contribution in [0.1, 0.15) is 46.0 Å². The number of hydrogen-bond acceptors (Lipinski definition) is 3. The monoisotopic (exact) mass is 282 g/mol. The Hall–Kier alpha value is -1.10.